The zero-order valence-electron chi connectivity index (χ0n) is 11.4. The quantitative estimate of drug-likeness (QED) is 0.395. The number of rotatable bonds is 3. The van der Waals surface area contributed by atoms with Crippen molar-refractivity contribution in [3.05, 3.63) is 39.4 Å². The van der Waals surface area contributed by atoms with Gasteiger partial charge < -0.3 is 5.11 Å². The summed E-state index contributed by atoms with van der Waals surface area (Å²) in [6.07, 6.45) is 1.28. The number of hydrogen-bond acceptors (Lipinski definition) is 5. The van der Waals surface area contributed by atoms with Crippen molar-refractivity contribution in [2.45, 2.75) is 20.8 Å². The van der Waals surface area contributed by atoms with E-state index in [1.807, 2.05) is 0 Å². The molecule has 0 saturated heterocycles. The van der Waals surface area contributed by atoms with Gasteiger partial charge in [-0.2, -0.15) is 5.26 Å². The Bertz CT molecular complexity index is 634. The van der Waals surface area contributed by atoms with Gasteiger partial charge in [0.1, 0.15) is 6.07 Å². The summed E-state index contributed by atoms with van der Waals surface area (Å²) in [5.74, 6) is -0.816. The second-order valence-corrected chi connectivity index (χ2v) is 5.25. The van der Waals surface area contributed by atoms with Crippen molar-refractivity contribution in [2.75, 3.05) is 0 Å². The largest absolute Gasteiger partial charge is 0.502 e. The molecular weight excluding hydrogens is 260 g/mol. The lowest BCUT2D eigenvalue weighted by atomic mass is 9.86. The van der Waals surface area contributed by atoms with Crippen LogP contribution in [0.15, 0.2) is 23.8 Å². The van der Waals surface area contributed by atoms with Crippen LogP contribution in [-0.2, 0) is 4.79 Å². The zero-order valence-corrected chi connectivity index (χ0v) is 11.4. The lowest BCUT2D eigenvalue weighted by Crippen LogP contribution is -2.21. The summed E-state index contributed by atoms with van der Waals surface area (Å²) >= 11 is 0. The summed E-state index contributed by atoms with van der Waals surface area (Å²) in [5.41, 5.74) is -0.967. The third-order valence-electron chi connectivity index (χ3n) is 2.55. The summed E-state index contributed by atoms with van der Waals surface area (Å²) in [4.78, 5) is 22.0. The molecule has 1 aromatic rings. The van der Waals surface area contributed by atoms with Crippen molar-refractivity contribution in [3.63, 3.8) is 0 Å². The molecule has 0 spiro atoms. The summed E-state index contributed by atoms with van der Waals surface area (Å²) in [7, 11) is 0. The molecule has 20 heavy (non-hydrogen) atoms. The summed E-state index contributed by atoms with van der Waals surface area (Å²) in [6.45, 7) is 5.04. The molecule has 1 rings (SSSR count). The van der Waals surface area contributed by atoms with Gasteiger partial charge in [-0.3, -0.25) is 14.9 Å². The standard InChI is InChI=1S/C14H14N2O4/c1-14(2,3)13(18)10(8-15)6-9-4-5-12(17)11(7-9)16(19)20/h4-7,17H,1-3H3. The lowest BCUT2D eigenvalue weighted by molar-refractivity contribution is -0.385. The summed E-state index contributed by atoms with van der Waals surface area (Å²) in [6, 6.07) is 5.46. The first-order chi connectivity index (χ1) is 9.16. The highest BCUT2D eigenvalue weighted by Gasteiger charge is 2.25. The molecule has 0 aliphatic heterocycles. The van der Waals surface area contributed by atoms with Crippen molar-refractivity contribution in [1.82, 2.24) is 0 Å². The van der Waals surface area contributed by atoms with Crippen molar-refractivity contribution >= 4 is 17.5 Å². The molecule has 0 heterocycles. The number of carbonyl (C=O) groups is 1. The topological polar surface area (TPSA) is 104 Å². The van der Waals surface area contributed by atoms with Crippen LogP contribution in [0.1, 0.15) is 26.3 Å². The van der Waals surface area contributed by atoms with Gasteiger partial charge in [0.25, 0.3) is 0 Å². The Kier molecular flexibility index (Phi) is 4.25. The predicted octanol–water partition coefficient (Wildman–Crippen LogP) is 2.82. The van der Waals surface area contributed by atoms with Crippen LogP contribution < -0.4 is 0 Å². The minimum Gasteiger partial charge on any atom is -0.502 e. The molecule has 0 aliphatic carbocycles. The van der Waals surface area contributed by atoms with Crippen molar-refractivity contribution < 1.29 is 14.8 Å². The van der Waals surface area contributed by atoms with Crippen LogP contribution in [0, 0.1) is 26.9 Å². The fourth-order valence-corrected chi connectivity index (χ4v) is 1.50. The van der Waals surface area contributed by atoms with E-state index in [-0.39, 0.29) is 11.4 Å². The fourth-order valence-electron chi connectivity index (χ4n) is 1.50. The Labute approximate surface area is 116 Å². The van der Waals surface area contributed by atoms with E-state index in [4.69, 9.17) is 5.26 Å². The molecule has 0 atom stereocenters. The van der Waals surface area contributed by atoms with E-state index in [1.165, 1.54) is 12.1 Å². The van der Waals surface area contributed by atoms with Crippen LogP contribution in [0.3, 0.4) is 0 Å². The second-order valence-electron chi connectivity index (χ2n) is 5.25. The van der Waals surface area contributed by atoms with E-state index in [1.54, 1.807) is 26.8 Å². The van der Waals surface area contributed by atoms with Crippen LogP contribution in [0.5, 0.6) is 5.75 Å². The van der Waals surface area contributed by atoms with E-state index in [2.05, 4.69) is 0 Å². The monoisotopic (exact) mass is 274 g/mol. The van der Waals surface area contributed by atoms with E-state index < -0.39 is 21.8 Å². The molecule has 104 valence electrons. The molecule has 6 heteroatoms. The average Bonchev–Trinajstić information content (AvgIpc) is 2.35. The molecule has 0 aromatic heterocycles. The Morgan fingerprint density at radius 2 is 2.05 bits per heavy atom. The number of nitriles is 1. The van der Waals surface area contributed by atoms with Gasteiger partial charge in [-0.05, 0) is 17.7 Å². The molecule has 6 nitrogen and oxygen atoms in total. The van der Waals surface area contributed by atoms with Crippen LogP contribution >= 0.6 is 0 Å². The third kappa shape index (κ3) is 3.42. The highest BCUT2D eigenvalue weighted by Crippen LogP contribution is 2.28. The maximum absolute atomic E-state index is 12.0. The Hall–Kier alpha value is -2.68. The van der Waals surface area contributed by atoms with E-state index in [0.717, 1.165) is 12.1 Å². The molecular formula is C14H14N2O4. The van der Waals surface area contributed by atoms with E-state index in [9.17, 15) is 20.0 Å². The maximum atomic E-state index is 12.0. The van der Waals surface area contributed by atoms with Crippen molar-refractivity contribution in [2.24, 2.45) is 5.41 Å². The van der Waals surface area contributed by atoms with Crippen molar-refractivity contribution in [1.29, 1.82) is 5.26 Å². The molecule has 0 radical (unpaired) electrons. The van der Waals surface area contributed by atoms with Gasteiger partial charge in [-0.1, -0.05) is 26.8 Å². The van der Waals surface area contributed by atoms with Gasteiger partial charge in [-0.25, -0.2) is 0 Å². The van der Waals surface area contributed by atoms with Gasteiger partial charge in [0.15, 0.2) is 11.5 Å². The highest BCUT2D eigenvalue weighted by molar-refractivity contribution is 6.06. The molecule has 0 amide bonds. The highest BCUT2D eigenvalue weighted by atomic mass is 16.6. The number of nitrogens with zero attached hydrogens (tertiary/aromatic N) is 2. The first-order valence-electron chi connectivity index (χ1n) is 5.81. The number of aromatic hydroxyl groups is 1. The number of ketones is 1. The Morgan fingerprint density at radius 1 is 1.45 bits per heavy atom. The normalized spacial score (nSPS) is 11.8. The number of benzene rings is 1. The SMILES string of the molecule is CC(C)(C)C(=O)C(C#N)=Cc1ccc(O)c([N+](=O)[O-])c1. The molecule has 0 saturated carbocycles. The molecule has 0 bridgehead atoms. The number of nitro groups is 1. The zero-order chi connectivity index (χ0) is 15.5. The van der Waals surface area contributed by atoms with Crippen LogP contribution in [-0.4, -0.2) is 15.8 Å². The van der Waals surface area contributed by atoms with Gasteiger partial charge in [-0.15, -0.1) is 0 Å². The molecule has 0 unspecified atom stereocenters. The number of Topliss-reactive ketones (excluding diaryl/α,β-unsaturated/α-hetero) is 1. The van der Waals surface area contributed by atoms with Gasteiger partial charge in [0.05, 0.1) is 10.5 Å². The van der Waals surface area contributed by atoms with Gasteiger partial charge in [0, 0.05) is 11.5 Å². The first kappa shape index (κ1) is 15.4. The number of carbonyl (C=O) groups excluding carboxylic acids is 1. The summed E-state index contributed by atoms with van der Waals surface area (Å²) in [5, 5.41) is 29.1. The number of phenols is 1. The van der Waals surface area contributed by atoms with E-state index in [0.29, 0.717) is 5.56 Å². The molecule has 1 aromatic carbocycles. The lowest BCUT2D eigenvalue weighted by Gasteiger charge is -2.15. The average molecular weight is 274 g/mol. The van der Waals surface area contributed by atoms with Crippen LogP contribution in [0.25, 0.3) is 6.08 Å². The minimum atomic E-state index is -0.732. The Morgan fingerprint density at radius 3 is 2.50 bits per heavy atom. The van der Waals surface area contributed by atoms with Crippen LogP contribution in [0.4, 0.5) is 5.69 Å². The van der Waals surface area contributed by atoms with Gasteiger partial charge in [0.2, 0.25) is 0 Å². The van der Waals surface area contributed by atoms with Gasteiger partial charge >= 0.3 is 5.69 Å². The second kappa shape index (κ2) is 5.53. The first-order valence-corrected chi connectivity index (χ1v) is 5.81. The minimum absolute atomic E-state index is 0.0857. The number of allylic oxidation sites excluding steroid dienone is 1. The van der Waals surface area contributed by atoms with E-state index >= 15 is 0 Å². The van der Waals surface area contributed by atoms with Crippen LogP contribution in [0.2, 0.25) is 0 Å². The molecule has 0 aliphatic rings. The predicted molar refractivity (Wildman–Crippen MR) is 72.8 cm³/mol. The van der Waals surface area contributed by atoms with Crippen molar-refractivity contribution in [3.8, 4) is 11.8 Å². The molecule has 1 N–H and O–H groups in total. The maximum Gasteiger partial charge on any atom is 0.311 e. The number of nitro benzene ring substituents is 1. The smallest absolute Gasteiger partial charge is 0.311 e. The Balaban J connectivity index is 3.29. The summed E-state index contributed by atoms with van der Waals surface area (Å²) < 4.78 is 0. The number of phenolic OH excluding ortho intramolecular Hbond substituents is 1. The fraction of sp³-hybridized carbons (Fsp3) is 0.286. The number of hydrogen-bond donors (Lipinski definition) is 1. The third-order valence-corrected chi connectivity index (χ3v) is 2.55. The molecule has 0 fully saturated rings.